The van der Waals surface area contributed by atoms with Crippen LogP contribution < -0.4 is 5.32 Å². The zero-order valence-electron chi connectivity index (χ0n) is 17.3. The van der Waals surface area contributed by atoms with Crippen LogP contribution in [0.3, 0.4) is 0 Å². The molecule has 154 valence electrons. The Morgan fingerprint density at radius 1 is 0.897 bits per heavy atom. The first-order valence-electron chi connectivity index (χ1n) is 10.4. The van der Waals surface area contributed by atoms with Crippen molar-refractivity contribution in [2.24, 2.45) is 0 Å². The van der Waals surface area contributed by atoms with Crippen LogP contribution in [-0.4, -0.2) is 47.1 Å². The summed E-state index contributed by atoms with van der Waals surface area (Å²) in [4.78, 5) is 27.3. The summed E-state index contributed by atoms with van der Waals surface area (Å²) in [7, 11) is 0. The fourth-order valence-electron chi connectivity index (χ4n) is 3.73. The molecule has 29 heavy (non-hydrogen) atoms. The number of amides is 2. The van der Waals surface area contributed by atoms with E-state index in [1.54, 1.807) is 4.90 Å². The average Bonchev–Trinajstić information content (AvgIpc) is 2.79. The monoisotopic (exact) mass is 394 g/mol. The van der Waals surface area contributed by atoms with Crippen LogP contribution in [0.1, 0.15) is 58.5 Å². The SMILES string of the molecule is CCc1ccc(C(=O)NC2(CO)CCN(C(=O)c3ccc(CC)cc3)CC2)cc1. The zero-order valence-corrected chi connectivity index (χ0v) is 17.3. The molecule has 1 heterocycles. The van der Waals surface area contributed by atoms with Crippen molar-refractivity contribution in [3.05, 3.63) is 70.8 Å². The van der Waals surface area contributed by atoms with Gasteiger partial charge in [-0.3, -0.25) is 9.59 Å². The summed E-state index contributed by atoms with van der Waals surface area (Å²) in [5, 5.41) is 13.0. The van der Waals surface area contributed by atoms with Gasteiger partial charge in [-0.15, -0.1) is 0 Å². The molecule has 1 aliphatic heterocycles. The zero-order chi connectivity index (χ0) is 20.9. The number of rotatable bonds is 6. The molecule has 2 N–H and O–H groups in total. The van der Waals surface area contributed by atoms with Crippen LogP contribution in [0.4, 0.5) is 0 Å². The number of nitrogens with zero attached hydrogens (tertiary/aromatic N) is 1. The Morgan fingerprint density at radius 3 is 1.83 bits per heavy atom. The minimum absolute atomic E-state index is 0.000624. The minimum atomic E-state index is -0.691. The van der Waals surface area contributed by atoms with Gasteiger partial charge >= 0.3 is 0 Å². The highest BCUT2D eigenvalue weighted by Gasteiger charge is 2.37. The van der Waals surface area contributed by atoms with E-state index in [2.05, 4.69) is 19.2 Å². The lowest BCUT2D eigenvalue weighted by Gasteiger charge is -2.41. The molecule has 0 aromatic heterocycles. The number of aryl methyl sites for hydroxylation is 2. The molecule has 0 atom stereocenters. The van der Waals surface area contributed by atoms with Gasteiger partial charge in [-0.1, -0.05) is 38.1 Å². The van der Waals surface area contributed by atoms with Crippen LogP contribution in [0.2, 0.25) is 0 Å². The van der Waals surface area contributed by atoms with Crippen LogP contribution in [0, 0.1) is 0 Å². The van der Waals surface area contributed by atoms with E-state index in [0.717, 1.165) is 12.8 Å². The number of hydrogen-bond donors (Lipinski definition) is 2. The van der Waals surface area contributed by atoms with E-state index in [1.807, 2.05) is 48.5 Å². The number of carbonyl (C=O) groups excluding carboxylic acids is 2. The van der Waals surface area contributed by atoms with Gasteiger partial charge < -0.3 is 15.3 Å². The third kappa shape index (κ3) is 4.85. The first-order chi connectivity index (χ1) is 14.0. The molecule has 2 aromatic carbocycles. The molecule has 0 saturated carbocycles. The van der Waals surface area contributed by atoms with Crippen molar-refractivity contribution in [3.63, 3.8) is 0 Å². The third-order valence-electron chi connectivity index (χ3n) is 5.92. The topological polar surface area (TPSA) is 69.6 Å². The number of aliphatic hydroxyl groups is 1. The van der Waals surface area contributed by atoms with Crippen molar-refractivity contribution >= 4 is 11.8 Å². The molecule has 2 amide bonds. The standard InChI is InChI=1S/C24H30N2O3/c1-3-18-5-9-20(10-6-18)22(28)25-24(17-27)13-15-26(16-14-24)23(29)21-11-7-19(4-2)8-12-21/h5-12,27H,3-4,13-17H2,1-2H3,(H,25,28). The second-order valence-corrected chi connectivity index (χ2v) is 7.79. The molecule has 2 aromatic rings. The van der Waals surface area contributed by atoms with Gasteiger partial charge in [0.2, 0.25) is 0 Å². The summed E-state index contributed by atoms with van der Waals surface area (Å²) >= 11 is 0. The Balaban J connectivity index is 1.62. The Labute approximate surface area is 172 Å². The molecule has 3 rings (SSSR count). The molecular weight excluding hydrogens is 364 g/mol. The maximum atomic E-state index is 12.8. The fourth-order valence-corrected chi connectivity index (χ4v) is 3.73. The van der Waals surface area contributed by atoms with E-state index < -0.39 is 5.54 Å². The molecule has 0 aliphatic carbocycles. The molecule has 5 heteroatoms. The van der Waals surface area contributed by atoms with E-state index in [0.29, 0.717) is 37.1 Å². The van der Waals surface area contributed by atoms with Crippen LogP contribution in [-0.2, 0) is 12.8 Å². The summed E-state index contributed by atoms with van der Waals surface area (Å²) < 4.78 is 0. The van der Waals surface area contributed by atoms with Gasteiger partial charge in [-0.25, -0.2) is 0 Å². The second kappa shape index (κ2) is 9.23. The number of piperidine rings is 1. The van der Waals surface area contributed by atoms with Crippen LogP contribution in [0.15, 0.2) is 48.5 Å². The largest absolute Gasteiger partial charge is 0.394 e. The van der Waals surface area contributed by atoms with Gasteiger partial charge in [0, 0.05) is 24.2 Å². The Hall–Kier alpha value is -2.66. The lowest BCUT2D eigenvalue weighted by molar-refractivity contribution is 0.0500. The number of likely N-dealkylation sites (tertiary alicyclic amines) is 1. The lowest BCUT2D eigenvalue weighted by atomic mass is 9.87. The van der Waals surface area contributed by atoms with Gasteiger partial charge in [0.15, 0.2) is 0 Å². The molecule has 5 nitrogen and oxygen atoms in total. The van der Waals surface area contributed by atoms with Crippen molar-refractivity contribution in [2.75, 3.05) is 19.7 Å². The van der Waals surface area contributed by atoms with Crippen molar-refractivity contribution < 1.29 is 14.7 Å². The van der Waals surface area contributed by atoms with Gasteiger partial charge in [-0.2, -0.15) is 0 Å². The maximum absolute atomic E-state index is 12.8. The first-order valence-corrected chi connectivity index (χ1v) is 10.4. The smallest absolute Gasteiger partial charge is 0.253 e. The highest BCUT2D eigenvalue weighted by Crippen LogP contribution is 2.24. The van der Waals surface area contributed by atoms with Crippen molar-refractivity contribution in [1.29, 1.82) is 0 Å². The first kappa shape index (κ1) is 21.1. The summed E-state index contributed by atoms with van der Waals surface area (Å²) in [6.07, 6.45) is 2.92. The number of aliphatic hydroxyl groups excluding tert-OH is 1. The van der Waals surface area contributed by atoms with E-state index in [4.69, 9.17) is 0 Å². The van der Waals surface area contributed by atoms with E-state index in [-0.39, 0.29) is 18.4 Å². The Morgan fingerprint density at radius 2 is 1.38 bits per heavy atom. The normalized spacial score (nSPS) is 15.8. The third-order valence-corrected chi connectivity index (χ3v) is 5.92. The number of benzene rings is 2. The predicted molar refractivity (Wildman–Crippen MR) is 114 cm³/mol. The Kier molecular flexibility index (Phi) is 6.70. The minimum Gasteiger partial charge on any atom is -0.394 e. The molecular formula is C24H30N2O3. The molecule has 1 fully saturated rings. The quantitative estimate of drug-likeness (QED) is 0.790. The van der Waals surface area contributed by atoms with E-state index >= 15 is 0 Å². The molecule has 0 unspecified atom stereocenters. The highest BCUT2D eigenvalue weighted by molar-refractivity contribution is 5.95. The van der Waals surface area contributed by atoms with Crippen LogP contribution in [0.5, 0.6) is 0 Å². The average molecular weight is 395 g/mol. The lowest BCUT2D eigenvalue weighted by Crippen LogP contribution is -2.58. The number of nitrogens with one attached hydrogen (secondary N) is 1. The molecule has 0 bridgehead atoms. The van der Waals surface area contributed by atoms with Gasteiger partial charge in [-0.05, 0) is 61.1 Å². The second-order valence-electron chi connectivity index (χ2n) is 7.79. The van der Waals surface area contributed by atoms with Gasteiger partial charge in [0.05, 0.1) is 12.1 Å². The summed E-state index contributed by atoms with van der Waals surface area (Å²) in [5.41, 5.74) is 2.96. The fraction of sp³-hybridized carbons (Fsp3) is 0.417. The van der Waals surface area contributed by atoms with E-state index in [9.17, 15) is 14.7 Å². The van der Waals surface area contributed by atoms with Crippen LogP contribution in [0.25, 0.3) is 0 Å². The van der Waals surface area contributed by atoms with Crippen molar-refractivity contribution in [1.82, 2.24) is 10.2 Å². The van der Waals surface area contributed by atoms with Gasteiger partial charge in [0.1, 0.15) is 0 Å². The Bertz CT molecular complexity index is 835. The van der Waals surface area contributed by atoms with Gasteiger partial charge in [0.25, 0.3) is 11.8 Å². The van der Waals surface area contributed by atoms with Crippen molar-refractivity contribution in [2.45, 2.75) is 45.1 Å². The summed E-state index contributed by atoms with van der Waals surface area (Å²) in [6.45, 7) is 5.03. The van der Waals surface area contributed by atoms with Crippen molar-refractivity contribution in [3.8, 4) is 0 Å². The molecule has 1 aliphatic rings. The highest BCUT2D eigenvalue weighted by atomic mass is 16.3. The summed E-state index contributed by atoms with van der Waals surface area (Å²) in [5.74, 6) is -0.183. The maximum Gasteiger partial charge on any atom is 0.253 e. The molecule has 1 saturated heterocycles. The van der Waals surface area contributed by atoms with E-state index in [1.165, 1.54) is 11.1 Å². The molecule has 0 spiro atoms. The number of hydrogen-bond acceptors (Lipinski definition) is 3. The molecule has 0 radical (unpaired) electrons. The summed E-state index contributed by atoms with van der Waals surface area (Å²) in [6, 6.07) is 15.2. The number of carbonyl (C=O) groups is 2. The van der Waals surface area contributed by atoms with Crippen LogP contribution >= 0.6 is 0 Å². The predicted octanol–water partition coefficient (Wildman–Crippen LogP) is 3.21.